The fourth-order valence-corrected chi connectivity index (χ4v) is 2.94. The molecule has 0 aliphatic rings. The van der Waals surface area contributed by atoms with E-state index in [0.29, 0.717) is 27.3 Å². The topological polar surface area (TPSA) is 50.1 Å². The van der Waals surface area contributed by atoms with Crippen LogP contribution in [-0.2, 0) is 10.8 Å². The van der Waals surface area contributed by atoms with Gasteiger partial charge in [-0.2, -0.15) is 5.26 Å². The fraction of sp³-hybridized carbons (Fsp3) is 0.0500. The molecule has 0 saturated heterocycles. The minimum absolute atomic E-state index is 0.122. The third-order valence-electron chi connectivity index (χ3n) is 3.72. The molecule has 0 bridgehead atoms. The van der Waals surface area contributed by atoms with Gasteiger partial charge < -0.3 is 4.74 Å². The number of nitrogens with zero attached hydrogens (tertiary/aromatic N) is 1. The number of ether oxygens (including phenoxy) is 1. The Kier molecular flexibility index (Phi) is 5.10. The molecule has 130 valence electrons. The standard InChI is InChI=1S/C20H13F2NO2S/c1-26(24)16-6-3-14(4-7-16)17-10-13(12-23)2-8-19(17)25-20-9-5-15(21)11-18(20)22/h2-11H,1H3. The van der Waals surface area contributed by atoms with Crippen LogP contribution in [0.1, 0.15) is 5.56 Å². The van der Waals surface area contributed by atoms with Crippen molar-refractivity contribution in [2.45, 2.75) is 4.90 Å². The van der Waals surface area contributed by atoms with E-state index < -0.39 is 22.4 Å². The van der Waals surface area contributed by atoms with Gasteiger partial charge in [-0.3, -0.25) is 4.21 Å². The first-order valence-electron chi connectivity index (χ1n) is 7.59. The molecule has 0 aliphatic heterocycles. The van der Waals surface area contributed by atoms with Gasteiger partial charge >= 0.3 is 0 Å². The summed E-state index contributed by atoms with van der Waals surface area (Å²) in [5.41, 5.74) is 1.70. The van der Waals surface area contributed by atoms with E-state index in [4.69, 9.17) is 10.00 Å². The maximum atomic E-state index is 13.9. The van der Waals surface area contributed by atoms with Crippen LogP contribution in [0.4, 0.5) is 8.78 Å². The lowest BCUT2D eigenvalue weighted by molar-refractivity contribution is 0.439. The van der Waals surface area contributed by atoms with Crippen LogP contribution in [0.5, 0.6) is 11.5 Å². The summed E-state index contributed by atoms with van der Waals surface area (Å²) in [5, 5.41) is 9.15. The maximum Gasteiger partial charge on any atom is 0.168 e. The SMILES string of the molecule is CS(=O)c1ccc(-c2cc(C#N)ccc2Oc2ccc(F)cc2F)cc1. The summed E-state index contributed by atoms with van der Waals surface area (Å²) in [7, 11) is -1.11. The fourth-order valence-electron chi connectivity index (χ4n) is 2.42. The molecule has 26 heavy (non-hydrogen) atoms. The molecule has 1 atom stereocenters. The molecule has 0 amide bonds. The highest BCUT2D eigenvalue weighted by atomic mass is 32.2. The second-order valence-electron chi connectivity index (χ2n) is 5.48. The van der Waals surface area contributed by atoms with Gasteiger partial charge in [0.15, 0.2) is 11.6 Å². The van der Waals surface area contributed by atoms with E-state index >= 15 is 0 Å². The Bertz CT molecular complexity index is 1030. The van der Waals surface area contributed by atoms with Crippen molar-refractivity contribution in [1.29, 1.82) is 5.26 Å². The molecule has 6 heteroatoms. The highest BCUT2D eigenvalue weighted by Gasteiger charge is 2.12. The van der Waals surface area contributed by atoms with E-state index in [2.05, 4.69) is 0 Å². The van der Waals surface area contributed by atoms with E-state index in [1.54, 1.807) is 48.7 Å². The zero-order chi connectivity index (χ0) is 18.7. The van der Waals surface area contributed by atoms with Crippen LogP contribution < -0.4 is 4.74 Å². The zero-order valence-electron chi connectivity index (χ0n) is 13.7. The molecule has 0 heterocycles. The number of rotatable bonds is 4. The predicted octanol–water partition coefficient (Wildman–Crippen LogP) is 5.03. The first-order valence-corrected chi connectivity index (χ1v) is 9.14. The molecule has 3 aromatic carbocycles. The molecule has 0 saturated carbocycles. The van der Waals surface area contributed by atoms with E-state index in [1.165, 1.54) is 6.07 Å². The average molecular weight is 369 g/mol. The average Bonchev–Trinajstić information content (AvgIpc) is 2.64. The second kappa shape index (κ2) is 7.46. The number of benzene rings is 3. The molecule has 3 aromatic rings. The first-order chi connectivity index (χ1) is 12.5. The van der Waals surface area contributed by atoms with Crippen LogP contribution in [0.2, 0.25) is 0 Å². The summed E-state index contributed by atoms with van der Waals surface area (Å²) >= 11 is 0. The number of hydrogen-bond donors (Lipinski definition) is 0. The highest BCUT2D eigenvalue weighted by molar-refractivity contribution is 7.84. The summed E-state index contributed by atoms with van der Waals surface area (Å²) in [6.07, 6.45) is 1.58. The van der Waals surface area contributed by atoms with Crippen LogP contribution in [0.3, 0.4) is 0 Å². The molecule has 0 radical (unpaired) electrons. The maximum absolute atomic E-state index is 13.9. The summed E-state index contributed by atoms with van der Waals surface area (Å²) in [5.74, 6) is -1.32. The summed E-state index contributed by atoms with van der Waals surface area (Å²) in [6.45, 7) is 0. The van der Waals surface area contributed by atoms with Crippen molar-refractivity contribution < 1.29 is 17.7 Å². The Labute approximate surface area is 151 Å². The van der Waals surface area contributed by atoms with Crippen LogP contribution in [-0.4, -0.2) is 10.5 Å². The Hall–Kier alpha value is -3.04. The third-order valence-corrected chi connectivity index (χ3v) is 4.66. The van der Waals surface area contributed by atoms with Gasteiger partial charge in [0.25, 0.3) is 0 Å². The molecule has 3 rings (SSSR count). The largest absolute Gasteiger partial charge is 0.454 e. The lowest BCUT2D eigenvalue weighted by atomic mass is 10.0. The third kappa shape index (κ3) is 3.79. The molecule has 0 aliphatic carbocycles. The minimum atomic E-state index is -1.11. The Morgan fingerprint density at radius 3 is 2.27 bits per heavy atom. The molecule has 3 nitrogen and oxygen atoms in total. The van der Waals surface area contributed by atoms with Crippen molar-refractivity contribution in [3.63, 3.8) is 0 Å². The number of nitriles is 1. The number of halogens is 2. The van der Waals surface area contributed by atoms with Gasteiger partial charge in [-0.05, 0) is 48.0 Å². The minimum Gasteiger partial charge on any atom is -0.454 e. The molecule has 0 aromatic heterocycles. The Morgan fingerprint density at radius 2 is 1.65 bits per heavy atom. The van der Waals surface area contributed by atoms with Crippen LogP contribution in [0, 0.1) is 23.0 Å². The van der Waals surface area contributed by atoms with Crippen LogP contribution in [0.15, 0.2) is 65.6 Å². The van der Waals surface area contributed by atoms with Gasteiger partial charge in [-0.25, -0.2) is 8.78 Å². The van der Waals surface area contributed by atoms with Gasteiger partial charge in [-0.15, -0.1) is 0 Å². The lowest BCUT2D eigenvalue weighted by Crippen LogP contribution is -1.93. The van der Waals surface area contributed by atoms with Crippen molar-refractivity contribution in [2.75, 3.05) is 6.26 Å². The van der Waals surface area contributed by atoms with Crippen molar-refractivity contribution in [3.05, 3.63) is 77.9 Å². The van der Waals surface area contributed by atoms with Gasteiger partial charge in [0.1, 0.15) is 11.6 Å². The molecule has 1 unspecified atom stereocenters. The normalized spacial score (nSPS) is 11.6. The van der Waals surface area contributed by atoms with Crippen molar-refractivity contribution in [1.82, 2.24) is 0 Å². The highest BCUT2D eigenvalue weighted by Crippen LogP contribution is 2.35. The summed E-state index contributed by atoms with van der Waals surface area (Å²) < 4.78 is 44.1. The van der Waals surface area contributed by atoms with E-state index in [9.17, 15) is 13.0 Å². The van der Waals surface area contributed by atoms with E-state index in [0.717, 1.165) is 12.1 Å². The Balaban J connectivity index is 2.05. The van der Waals surface area contributed by atoms with Crippen molar-refractivity contribution in [2.24, 2.45) is 0 Å². The van der Waals surface area contributed by atoms with Gasteiger partial charge in [0.2, 0.25) is 0 Å². The molecule has 0 fully saturated rings. The van der Waals surface area contributed by atoms with Gasteiger partial charge in [0, 0.05) is 33.6 Å². The lowest BCUT2D eigenvalue weighted by Gasteiger charge is -2.13. The molecular weight excluding hydrogens is 356 g/mol. The smallest absolute Gasteiger partial charge is 0.168 e. The molecule has 0 spiro atoms. The van der Waals surface area contributed by atoms with E-state index in [-0.39, 0.29) is 5.75 Å². The number of hydrogen-bond acceptors (Lipinski definition) is 3. The van der Waals surface area contributed by atoms with Crippen LogP contribution >= 0.6 is 0 Å². The Morgan fingerprint density at radius 1 is 0.962 bits per heavy atom. The predicted molar refractivity (Wildman–Crippen MR) is 95.4 cm³/mol. The van der Waals surface area contributed by atoms with E-state index in [1.807, 2.05) is 6.07 Å². The molecular formula is C20H13F2NO2S. The van der Waals surface area contributed by atoms with Crippen molar-refractivity contribution in [3.8, 4) is 28.7 Å². The quantitative estimate of drug-likeness (QED) is 0.648. The van der Waals surface area contributed by atoms with Crippen molar-refractivity contribution >= 4 is 10.8 Å². The van der Waals surface area contributed by atoms with Crippen LogP contribution in [0.25, 0.3) is 11.1 Å². The van der Waals surface area contributed by atoms with Gasteiger partial charge in [0.05, 0.1) is 11.6 Å². The second-order valence-corrected chi connectivity index (χ2v) is 6.86. The monoisotopic (exact) mass is 369 g/mol. The zero-order valence-corrected chi connectivity index (χ0v) is 14.5. The summed E-state index contributed by atoms with van der Waals surface area (Å²) in [6, 6.07) is 16.8. The first kappa shape index (κ1) is 17.8. The summed E-state index contributed by atoms with van der Waals surface area (Å²) in [4.78, 5) is 0.664. The van der Waals surface area contributed by atoms with Gasteiger partial charge in [-0.1, -0.05) is 12.1 Å². The molecule has 0 N–H and O–H groups in total.